The molecule has 1 aromatic heterocycles. The maximum Gasteiger partial charge on any atom is 0.216 e. The summed E-state index contributed by atoms with van der Waals surface area (Å²) in [7, 11) is 0. The Labute approximate surface area is 174 Å². The van der Waals surface area contributed by atoms with Crippen LogP contribution in [0, 0.1) is 6.92 Å². The molecule has 0 aliphatic rings. The van der Waals surface area contributed by atoms with Crippen molar-refractivity contribution in [2.24, 2.45) is 0 Å². The van der Waals surface area contributed by atoms with Crippen molar-refractivity contribution in [3.63, 3.8) is 0 Å². The minimum Gasteiger partial charge on any atom is -0.356 e. The number of rotatable bonds is 9. The smallest absolute Gasteiger partial charge is 0.216 e. The normalized spacial score (nSPS) is 10.7. The van der Waals surface area contributed by atoms with Gasteiger partial charge in [-0.15, -0.1) is 10.2 Å². The lowest BCUT2D eigenvalue weighted by Crippen LogP contribution is -2.21. The molecular weight excluding hydrogens is 384 g/mol. The van der Waals surface area contributed by atoms with Crippen molar-refractivity contribution >= 4 is 23.5 Å². The molecule has 3 rings (SSSR count). The number of ketones is 1. The molecule has 29 heavy (non-hydrogen) atoms. The summed E-state index contributed by atoms with van der Waals surface area (Å²) in [6.45, 7) is 4.13. The van der Waals surface area contributed by atoms with Crippen LogP contribution in [-0.4, -0.2) is 38.8 Å². The van der Waals surface area contributed by atoms with Crippen LogP contribution in [0.25, 0.3) is 5.69 Å². The lowest BCUT2D eigenvalue weighted by molar-refractivity contribution is -0.118. The summed E-state index contributed by atoms with van der Waals surface area (Å²) >= 11 is 1.39. The molecule has 0 aliphatic carbocycles. The molecule has 0 bridgehead atoms. The second-order valence-electron chi connectivity index (χ2n) is 6.74. The number of aryl methyl sites for hydroxylation is 2. The number of hydrogen-bond donors (Lipinski definition) is 1. The predicted octanol–water partition coefficient (Wildman–Crippen LogP) is 3.62. The average Bonchev–Trinajstić information content (AvgIpc) is 3.12. The first-order chi connectivity index (χ1) is 14.0. The van der Waals surface area contributed by atoms with Gasteiger partial charge in [-0.25, -0.2) is 0 Å². The van der Waals surface area contributed by atoms with Gasteiger partial charge in [-0.3, -0.25) is 14.2 Å². The van der Waals surface area contributed by atoms with Crippen LogP contribution in [0.1, 0.15) is 35.1 Å². The van der Waals surface area contributed by atoms with Crippen molar-refractivity contribution in [1.29, 1.82) is 0 Å². The molecule has 0 unspecified atom stereocenters. The predicted molar refractivity (Wildman–Crippen MR) is 115 cm³/mol. The van der Waals surface area contributed by atoms with Crippen molar-refractivity contribution in [2.45, 2.75) is 31.8 Å². The SMILES string of the molecule is CC(=O)NCCCc1nnc(SCC(=O)c2ccccc2)n1-c1cccc(C)c1. The molecule has 1 heterocycles. The minimum absolute atomic E-state index is 0.0409. The number of Topliss-reactive ketones (excluding diaryl/α,β-unsaturated/α-hetero) is 1. The summed E-state index contributed by atoms with van der Waals surface area (Å²) in [6.07, 6.45) is 1.44. The third kappa shape index (κ3) is 5.77. The lowest BCUT2D eigenvalue weighted by Gasteiger charge is -2.11. The molecule has 0 saturated heterocycles. The number of aromatic nitrogens is 3. The van der Waals surface area contributed by atoms with Crippen LogP contribution >= 0.6 is 11.8 Å². The summed E-state index contributed by atoms with van der Waals surface area (Å²) in [6, 6.07) is 17.4. The van der Waals surface area contributed by atoms with E-state index in [-0.39, 0.29) is 11.7 Å². The Hall–Kier alpha value is -2.93. The van der Waals surface area contributed by atoms with E-state index >= 15 is 0 Å². The lowest BCUT2D eigenvalue weighted by atomic mass is 10.2. The van der Waals surface area contributed by atoms with Gasteiger partial charge in [0.25, 0.3) is 0 Å². The van der Waals surface area contributed by atoms with Gasteiger partial charge in [0.2, 0.25) is 5.91 Å². The standard InChI is InChI=1S/C22H24N4O2S/c1-16-8-6-11-19(14-16)26-21(12-7-13-23-17(2)27)24-25-22(26)29-15-20(28)18-9-4-3-5-10-18/h3-6,8-11,14H,7,12-13,15H2,1-2H3,(H,23,27). The van der Waals surface area contributed by atoms with Crippen LogP contribution in [0.4, 0.5) is 0 Å². The van der Waals surface area contributed by atoms with Crippen LogP contribution in [0.2, 0.25) is 0 Å². The quantitative estimate of drug-likeness (QED) is 0.332. The van der Waals surface area contributed by atoms with Gasteiger partial charge in [0.15, 0.2) is 10.9 Å². The first-order valence-corrected chi connectivity index (χ1v) is 10.5. The molecule has 1 N–H and O–H groups in total. The van der Waals surface area contributed by atoms with E-state index in [0.717, 1.165) is 23.5 Å². The van der Waals surface area contributed by atoms with Gasteiger partial charge in [0.1, 0.15) is 5.82 Å². The maximum absolute atomic E-state index is 12.5. The Morgan fingerprint density at radius 1 is 1.07 bits per heavy atom. The zero-order chi connectivity index (χ0) is 20.6. The highest BCUT2D eigenvalue weighted by Crippen LogP contribution is 2.24. The van der Waals surface area contributed by atoms with E-state index < -0.39 is 0 Å². The second-order valence-corrected chi connectivity index (χ2v) is 7.68. The summed E-state index contributed by atoms with van der Waals surface area (Å²) < 4.78 is 2.00. The largest absolute Gasteiger partial charge is 0.356 e. The molecule has 0 aliphatic heterocycles. The Bertz CT molecular complexity index is 985. The van der Waals surface area contributed by atoms with Gasteiger partial charge >= 0.3 is 0 Å². The van der Waals surface area contributed by atoms with Gasteiger partial charge in [0, 0.05) is 31.1 Å². The van der Waals surface area contributed by atoms with Gasteiger partial charge < -0.3 is 5.32 Å². The number of carbonyl (C=O) groups is 2. The number of amides is 1. The van der Waals surface area contributed by atoms with Crippen molar-refractivity contribution in [3.05, 3.63) is 71.5 Å². The van der Waals surface area contributed by atoms with Gasteiger partial charge in [-0.2, -0.15) is 0 Å². The molecule has 3 aromatic rings. The van der Waals surface area contributed by atoms with E-state index in [0.29, 0.717) is 29.4 Å². The van der Waals surface area contributed by atoms with Gasteiger partial charge in [-0.1, -0.05) is 54.2 Å². The maximum atomic E-state index is 12.5. The highest BCUT2D eigenvalue weighted by Gasteiger charge is 2.16. The summed E-state index contributed by atoms with van der Waals surface area (Å²) in [4.78, 5) is 23.6. The Morgan fingerprint density at radius 2 is 1.86 bits per heavy atom. The summed E-state index contributed by atoms with van der Waals surface area (Å²) in [5.74, 6) is 1.12. The van der Waals surface area contributed by atoms with Crippen LogP contribution in [0.3, 0.4) is 0 Å². The summed E-state index contributed by atoms with van der Waals surface area (Å²) in [5.41, 5.74) is 2.80. The van der Waals surface area contributed by atoms with Crippen molar-refractivity contribution in [3.8, 4) is 5.69 Å². The molecule has 1 amide bonds. The Balaban J connectivity index is 1.78. The summed E-state index contributed by atoms with van der Waals surface area (Å²) in [5, 5.41) is 12.2. The van der Waals surface area contributed by atoms with E-state index in [4.69, 9.17) is 0 Å². The van der Waals surface area contributed by atoms with Crippen molar-refractivity contribution in [2.75, 3.05) is 12.3 Å². The molecule has 0 saturated carbocycles. The Morgan fingerprint density at radius 3 is 2.59 bits per heavy atom. The first kappa shape index (κ1) is 20.8. The van der Waals surface area contributed by atoms with E-state index in [1.807, 2.05) is 60.0 Å². The topological polar surface area (TPSA) is 76.9 Å². The number of hydrogen-bond acceptors (Lipinski definition) is 5. The highest BCUT2D eigenvalue weighted by atomic mass is 32.2. The zero-order valence-corrected chi connectivity index (χ0v) is 17.4. The third-order valence-corrected chi connectivity index (χ3v) is 5.27. The molecule has 0 fully saturated rings. The van der Waals surface area contributed by atoms with E-state index in [9.17, 15) is 9.59 Å². The van der Waals surface area contributed by atoms with Gasteiger partial charge in [0.05, 0.1) is 5.75 Å². The zero-order valence-electron chi connectivity index (χ0n) is 16.6. The molecule has 0 atom stereocenters. The van der Waals surface area contributed by atoms with Crippen LogP contribution in [0.15, 0.2) is 59.8 Å². The molecule has 0 radical (unpaired) electrons. The number of nitrogens with one attached hydrogen (secondary N) is 1. The fraction of sp³-hybridized carbons (Fsp3) is 0.273. The second kappa shape index (κ2) is 10.0. The third-order valence-electron chi connectivity index (χ3n) is 4.34. The van der Waals surface area contributed by atoms with Crippen LogP contribution in [-0.2, 0) is 11.2 Å². The number of carbonyl (C=O) groups excluding carboxylic acids is 2. The van der Waals surface area contributed by atoms with Crippen molar-refractivity contribution in [1.82, 2.24) is 20.1 Å². The minimum atomic E-state index is -0.0409. The van der Waals surface area contributed by atoms with Crippen molar-refractivity contribution < 1.29 is 9.59 Å². The monoisotopic (exact) mass is 408 g/mol. The fourth-order valence-electron chi connectivity index (χ4n) is 2.93. The fourth-order valence-corrected chi connectivity index (χ4v) is 3.80. The average molecular weight is 409 g/mol. The molecule has 7 heteroatoms. The van der Waals surface area contributed by atoms with Crippen LogP contribution < -0.4 is 5.32 Å². The molecule has 2 aromatic carbocycles. The van der Waals surface area contributed by atoms with Gasteiger partial charge in [-0.05, 0) is 31.0 Å². The molecule has 0 spiro atoms. The number of benzene rings is 2. The van der Waals surface area contributed by atoms with E-state index in [2.05, 4.69) is 21.6 Å². The van der Waals surface area contributed by atoms with E-state index in [1.165, 1.54) is 18.7 Å². The number of thioether (sulfide) groups is 1. The van der Waals surface area contributed by atoms with Crippen LogP contribution in [0.5, 0.6) is 0 Å². The molecular formula is C22H24N4O2S. The highest BCUT2D eigenvalue weighted by molar-refractivity contribution is 7.99. The Kier molecular flexibility index (Phi) is 7.19. The number of nitrogens with zero attached hydrogens (tertiary/aromatic N) is 3. The molecule has 150 valence electrons. The van der Waals surface area contributed by atoms with E-state index in [1.54, 1.807) is 0 Å². The molecule has 6 nitrogen and oxygen atoms in total. The first-order valence-electron chi connectivity index (χ1n) is 9.51.